The maximum atomic E-state index is 13.7. The monoisotopic (exact) mass is 385 g/mol. The van der Waals surface area contributed by atoms with Crippen molar-refractivity contribution in [1.29, 1.82) is 0 Å². The molecule has 5 nitrogen and oxygen atoms in total. The minimum absolute atomic E-state index is 0.113. The van der Waals surface area contributed by atoms with Crippen molar-refractivity contribution in [3.05, 3.63) is 35.6 Å². The summed E-state index contributed by atoms with van der Waals surface area (Å²) in [5.41, 5.74) is -0.113. The minimum Gasteiger partial charge on any atom is -0.392 e. The number of benzene rings is 1. The zero-order valence-electron chi connectivity index (χ0n) is 12.6. The fraction of sp³-hybridized carbons (Fsp3) is 0.438. The first kappa shape index (κ1) is 17.7. The molecule has 1 N–H and O–H groups in total. The van der Waals surface area contributed by atoms with Crippen LogP contribution in [0.5, 0.6) is 0 Å². The normalized spacial score (nSPS) is 19.9. The molecule has 1 heterocycles. The number of nitrogens with one attached hydrogen (secondary N) is 1. The van der Waals surface area contributed by atoms with Gasteiger partial charge in [0.15, 0.2) is 5.78 Å². The molecule has 0 bridgehead atoms. The molecule has 2 unspecified atom stereocenters. The third-order valence-corrected chi connectivity index (χ3v) is 4.96. The Balaban J connectivity index is 1.99. The third-order valence-electron chi connectivity index (χ3n) is 3.75. The van der Waals surface area contributed by atoms with Gasteiger partial charge in [0.1, 0.15) is 11.9 Å². The summed E-state index contributed by atoms with van der Waals surface area (Å²) in [5, 5.41) is 2.93. The predicted molar refractivity (Wildman–Crippen MR) is 84.7 cm³/mol. The molecule has 0 amide bonds. The number of ether oxygens (including phenoxy) is 1. The molecule has 1 saturated heterocycles. The number of rotatable bonds is 5. The number of carbonyl (C=O) groups is 3. The summed E-state index contributed by atoms with van der Waals surface area (Å²) >= 11 is 3.11. The van der Waals surface area contributed by atoms with Crippen LogP contribution in [-0.4, -0.2) is 35.1 Å². The number of hydrogen-bond donors (Lipinski definition) is 1. The molecule has 0 radical (unpaired) electrons. The van der Waals surface area contributed by atoms with Crippen LogP contribution in [0.25, 0.3) is 0 Å². The van der Waals surface area contributed by atoms with Gasteiger partial charge in [0.25, 0.3) is 0 Å². The summed E-state index contributed by atoms with van der Waals surface area (Å²) in [7, 11) is 0. The van der Waals surface area contributed by atoms with Crippen molar-refractivity contribution in [2.24, 2.45) is 5.92 Å². The van der Waals surface area contributed by atoms with Gasteiger partial charge in [-0.3, -0.25) is 9.59 Å². The van der Waals surface area contributed by atoms with Crippen LogP contribution in [0, 0.1) is 11.7 Å². The number of esters is 2. The van der Waals surface area contributed by atoms with Crippen LogP contribution in [0.2, 0.25) is 0 Å². The molecular weight excluding hydrogens is 369 g/mol. The molecular formula is C16H17BrFNO4. The van der Waals surface area contributed by atoms with Crippen molar-refractivity contribution in [2.45, 2.75) is 30.6 Å². The van der Waals surface area contributed by atoms with Crippen LogP contribution in [0.1, 0.15) is 30.1 Å². The van der Waals surface area contributed by atoms with Crippen molar-refractivity contribution in [3.8, 4) is 0 Å². The number of ketones is 1. The Morgan fingerprint density at radius 2 is 2.04 bits per heavy atom. The van der Waals surface area contributed by atoms with E-state index in [1.54, 1.807) is 0 Å². The molecule has 1 aliphatic heterocycles. The number of carbonyl (C=O) groups excluding carboxylic acids is 3. The van der Waals surface area contributed by atoms with E-state index in [-0.39, 0.29) is 5.56 Å². The summed E-state index contributed by atoms with van der Waals surface area (Å²) in [5.74, 6) is -3.60. The topological polar surface area (TPSA) is 72.5 Å². The van der Waals surface area contributed by atoms with Crippen molar-refractivity contribution in [3.63, 3.8) is 0 Å². The van der Waals surface area contributed by atoms with Crippen molar-refractivity contribution in [1.82, 2.24) is 5.32 Å². The Labute approximate surface area is 141 Å². The largest absolute Gasteiger partial charge is 0.392 e. The van der Waals surface area contributed by atoms with Gasteiger partial charge in [0.2, 0.25) is 0 Å². The van der Waals surface area contributed by atoms with E-state index in [9.17, 15) is 18.8 Å². The number of hydrogen-bond acceptors (Lipinski definition) is 5. The van der Waals surface area contributed by atoms with E-state index >= 15 is 0 Å². The SMILES string of the molecule is CC(C(=O)OC(=O)[C@@H]1CCCN1)C(Br)C(=O)c1ccccc1F. The summed E-state index contributed by atoms with van der Waals surface area (Å²) in [4.78, 5) is 35.1. The van der Waals surface area contributed by atoms with Gasteiger partial charge in [-0.2, -0.15) is 0 Å². The van der Waals surface area contributed by atoms with Gasteiger partial charge in [-0.1, -0.05) is 35.0 Å². The first-order chi connectivity index (χ1) is 10.9. The molecule has 1 fully saturated rings. The van der Waals surface area contributed by atoms with Gasteiger partial charge in [-0.15, -0.1) is 0 Å². The Morgan fingerprint density at radius 3 is 2.65 bits per heavy atom. The molecule has 3 atom stereocenters. The zero-order chi connectivity index (χ0) is 17.0. The maximum absolute atomic E-state index is 13.7. The number of halogens is 2. The Kier molecular flexibility index (Phi) is 6.01. The van der Waals surface area contributed by atoms with Gasteiger partial charge in [-0.25, -0.2) is 9.18 Å². The second kappa shape index (κ2) is 7.79. The van der Waals surface area contributed by atoms with Crippen LogP contribution < -0.4 is 5.32 Å². The Morgan fingerprint density at radius 1 is 1.35 bits per heavy atom. The average molecular weight is 386 g/mol. The minimum atomic E-state index is -0.976. The number of alkyl halides is 1. The summed E-state index contributed by atoms with van der Waals surface area (Å²) < 4.78 is 18.5. The highest BCUT2D eigenvalue weighted by Gasteiger charge is 2.34. The molecule has 1 aromatic carbocycles. The molecule has 124 valence electrons. The van der Waals surface area contributed by atoms with Gasteiger partial charge >= 0.3 is 11.9 Å². The Bertz CT molecular complexity index is 616. The molecule has 0 spiro atoms. The molecule has 2 rings (SSSR count). The predicted octanol–water partition coefficient (Wildman–Crippen LogP) is 2.23. The molecule has 0 aliphatic carbocycles. The number of Topliss-reactive ketones (excluding diaryl/α,β-unsaturated/α-hetero) is 1. The van der Waals surface area contributed by atoms with E-state index in [4.69, 9.17) is 4.74 Å². The van der Waals surface area contributed by atoms with Crippen molar-refractivity contribution >= 4 is 33.7 Å². The standard InChI is InChI=1S/C16H17BrFNO4/c1-9(15(21)23-16(22)12-7-4-8-19-12)13(17)14(20)10-5-2-3-6-11(10)18/h2-3,5-6,9,12-13,19H,4,7-8H2,1H3/t9?,12-,13?/m0/s1. The Hall–Kier alpha value is -1.60. The third kappa shape index (κ3) is 4.23. The lowest BCUT2D eigenvalue weighted by molar-refractivity contribution is -0.163. The molecule has 7 heteroatoms. The quantitative estimate of drug-likeness (QED) is 0.364. The highest BCUT2D eigenvalue weighted by Crippen LogP contribution is 2.22. The first-order valence-corrected chi connectivity index (χ1v) is 8.25. The second-order valence-corrected chi connectivity index (χ2v) is 6.41. The fourth-order valence-electron chi connectivity index (χ4n) is 2.31. The van der Waals surface area contributed by atoms with E-state index in [1.165, 1.54) is 31.2 Å². The highest BCUT2D eigenvalue weighted by molar-refractivity contribution is 9.10. The highest BCUT2D eigenvalue weighted by atomic mass is 79.9. The smallest absolute Gasteiger partial charge is 0.330 e. The lowest BCUT2D eigenvalue weighted by Crippen LogP contribution is -2.37. The van der Waals surface area contributed by atoms with E-state index in [0.29, 0.717) is 13.0 Å². The first-order valence-electron chi connectivity index (χ1n) is 7.33. The average Bonchev–Trinajstić information content (AvgIpc) is 3.07. The van der Waals surface area contributed by atoms with E-state index in [1.807, 2.05) is 0 Å². The maximum Gasteiger partial charge on any atom is 0.330 e. The van der Waals surface area contributed by atoms with Crippen LogP contribution >= 0.6 is 15.9 Å². The second-order valence-electron chi connectivity index (χ2n) is 5.42. The van der Waals surface area contributed by atoms with Crippen LogP contribution in [0.15, 0.2) is 24.3 Å². The van der Waals surface area contributed by atoms with Crippen LogP contribution in [-0.2, 0) is 14.3 Å². The van der Waals surface area contributed by atoms with Gasteiger partial charge in [0.05, 0.1) is 16.3 Å². The molecule has 23 heavy (non-hydrogen) atoms. The lowest BCUT2D eigenvalue weighted by atomic mass is 9.99. The van der Waals surface area contributed by atoms with Gasteiger partial charge < -0.3 is 10.1 Å². The van der Waals surface area contributed by atoms with Crippen LogP contribution in [0.3, 0.4) is 0 Å². The van der Waals surface area contributed by atoms with Gasteiger partial charge in [-0.05, 0) is 31.5 Å². The molecule has 0 saturated carbocycles. The van der Waals surface area contributed by atoms with E-state index in [2.05, 4.69) is 21.2 Å². The summed E-state index contributed by atoms with van der Waals surface area (Å²) in [6, 6.07) is 5.04. The van der Waals surface area contributed by atoms with Crippen LogP contribution in [0.4, 0.5) is 4.39 Å². The molecule has 0 aromatic heterocycles. The zero-order valence-corrected chi connectivity index (χ0v) is 14.1. The van der Waals surface area contributed by atoms with Crippen molar-refractivity contribution in [2.75, 3.05) is 6.54 Å². The van der Waals surface area contributed by atoms with Crippen molar-refractivity contribution < 1.29 is 23.5 Å². The van der Waals surface area contributed by atoms with Gasteiger partial charge in [0, 0.05) is 0 Å². The van der Waals surface area contributed by atoms with E-state index in [0.717, 1.165) is 6.42 Å². The molecule has 1 aromatic rings. The lowest BCUT2D eigenvalue weighted by Gasteiger charge is -2.17. The van der Waals surface area contributed by atoms with E-state index < -0.39 is 40.3 Å². The summed E-state index contributed by atoms with van der Waals surface area (Å²) in [6.45, 7) is 2.16. The molecule has 1 aliphatic rings. The summed E-state index contributed by atoms with van der Waals surface area (Å²) in [6.07, 6.45) is 1.46. The fourth-order valence-corrected chi connectivity index (χ4v) is 2.77.